The first-order valence-corrected chi connectivity index (χ1v) is 18.6. The molecule has 0 amide bonds. The Morgan fingerprint density at radius 3 is 1.71 bits per heavy atom. The number of rotatable bonds is 5. The molecule has 2 saturated carbocycles. The zero-order chi connectivity index (χ0) is 15.8. The summed E-state index contributed by atoms with van der Waals surface area (Å²) in [6, 6.07) is 0. The molecule has 0 spiro atoms. The monoisotopic (exact) mass is 442 g/mol. The molecule has 2 rings (SSSR count). The molecular weight excluding hydrogens is 413 g/mol. The maximum Gasteiger partial charge on any atom is 0.472 e. The van der Waals surface area contributed by atoms with Crippen molar-refractivity contribution in [3.63, 3.8) is 0 Å². The molecule has 0 radical (unpaired) electrons. The van der Waals surface area contributed by atoms with E-state index in [-0.39, 0.29) is 36.4 Å². The predicted octanol–water partition coefficient (Wildman–Crippen LogP) is 6.88. The summed E-state index contributed by atoms with van der Waals surface area (Å²) in [6.07, 6.45) is 10.4. The first-order chi connectivity index (χ1) is 10.0. The second-order valence-corrected chi connectivity index (χ2v) is 14.2. The predicted molar refractivity (Wildman–Crippen MR) is 106 cm³/mol. The minimum Gasteiger partial charge on any atom is -0.306 e. The highest BCUT2D eigenvalue weighted by atomic mass is 79.9. The van der Waals surface area contributed by atoms with Gasteiger partial charge in [0.05, 0.1) is 0 Å². The van der Waals surface area contributed by atoms with Crippen LogP contribution in [-0.4, -0.2) is 36.4 Å². The van der Waals surface area contributed by atoms with Gasteiger partial charge >= 0.3 is 36.4 Å². The molecule has 0 aromatic rings. The molecule has 5 atom stereocenters. The minimum atomic E-state index is 0.103. The van der Waals surface area contributed by atoms with Crippen LogP contribution in [0.25, 0.3) is 0 Å². The minimum absolute atomic E-state index is 0.103. The van der Waals surface area contributed by atoms with Crippen molar-refractivity contribution in [3.8, 4) is 0 Å². The fourth-order valence-electron chi connectivity index (χ4n) is 4.44. The Kier molecular flexibility index (Phi) is 12.2. The van der Waals surface area contributed by atoms with Gasteiger partial charge in [-0.2, -0.15) is 0 Å². The molecule has 0 bridgehead atoms. The van der Waals surface area contributed by atoms with Crippen molar-refractivity contribution < 1.29 is 0 Å². The van der Waals surface area contributed by atoms with Gasteiger partial charge in [-0.25, -0.2) is 0 Å². The van der Waals surface area contributed by atoms with E-state index in [0.717, 1.165) is 31.8 Å². The van der Waals surface area contributed by atoms with Crippen LogP contribution < -0.4 is 0 Å². The Morgan fingerprint density at radius 1 is 0.857 bits per heavy atom. The van der Waals surface area contributed by atoms with E-state index in [4.69, 9.17) is 0 Å². The van der Waals surface area contributed by atoms with Crippen molar-refractivity contribution in [3.05, 3.63) is 0 Å². The van der Waals surface area contributed by atoms with Crippen molar-refractivity contribution in [2.45, 2.75) is 80.7 Å². The molecule has 21 heavy (non-hydrogen) atoms. The average molecular weight is 445 g/mol. The van der Waals surface area contributed by atoms with Crippen LogP contribution in [0.4, 0.5) is 0 Å². The molecule has 0 heterocycles. The van der Waals surface area contributed by atoms with Gasteiger partial charge in [0.1, 0.15) is 0 Å². The molecule has 0 N–H and O–H groups in total. The maximum atomic E-state index is 3.75. The Balaban J connectivity index is 0.000000211. The fraction of sp³-hybridized carbons (Fsp3) is 1.00. The van der Waals surface area contributed by atoms with Crippen molar-refractivity contribution in [1.29, 1.82) is 0 Å². The Bertz CT molecular complexity index is 274. The molecular formula is C17H32Br2Mg2. The van der Waals surface area contributed by atoms with E-state index in [1.807, 2.05) is 0 Å². The lowest BCUT2D eigenvalue weighted by molar-refractivity contribution is 0.357. The van der Waals surface area contributed by atoms with E-state index in [0.29, 0.717) is 0 Å². The second-order valence-electron chi connectivity index (χ2n) is 7.65. The molecule has 2 fully saturated rings. The summed E-state index contributed by atoms with van der Waals surface area (Å²) in [4.78, 5) is 0. The van der Waals surface area contributed by atoms with Crippen molar-refractivity contribution >= 4 is 62.2 Å². The zero-order valence-electron chi connectivity index (χ0n) is 14.6. The third-order valence-electron chi connectivity index (χ3n) is 6.06. The molecule has 2 aliphatic rings. The largest absolute Gasteiger partial charge is 0.472 e. The van der Waals surface area contributed by atoms with Crippen LogP contribution in [0.5, 0.6) is 0 Å². The molecule has 118 valence electrons. The number of halogens is 2. The van der Waals surface area contributed by atoms with Gasteiger partial charge in [0.15, 0.2) is 0 Å². The van der Waals surface area contributed by atoms with Crippen LogP contribution in [0.3, 0.4) is 0 Å². The van der Waals surface area contributed by atoms with Gasteiger partial charge in [-0.15, -0.1) is 8.09 Å². The van der Waals surface area contributed by atoms with E-state index in [1.54, 1.807) is 0 Å². The van der Waals surface area contributed by atoms with Gasteiger partial charge in [-0.05, 0) is 11.8 Å². The van der Waals surface area contributed by atoms with Crippen LogP contribution in [0.2, 0.25) is 8.09 Å². The van der Waals surface area contributed by atoms with Gasteiger partial charge in [0.2, 0.25) is 0 Å². The lowest BCUT2D eigenvalue weighted by Crippen LogP contribution is -2.14. The maximum absolute atomic E-state index is 3.75. The van der Waals surface area contributed by atoms with E-state index in [2.05, 4.69) is 53.5 Å². The van der Waals surface area contributed by atoms with E-state index >= 15 is 0 Å². The first-order valence-electron chi connectivity index (χ1n) is 9.16. The third kappa shape index (κ3) is 7.09. The second kappa shape index (κ2) is 11.9. The highest BCUT2D eigenvalue weighted by molar-refractivity contribution is 9.23. The number of hydrogen-bond donors (Lipinski definition) is 0. The summed E-state index contributed by atoms with van der Waals surface area (Å²) in [7, 11) is 0. The normalized spacial score (nSPS) is 33.1. The van der Waals surface area contributed by atoms with E-state index in [1.165, 1.54) is 44.9 Å². The van der Waals surface area contributed by atoms with Gasteiger partial charge in [-0.3, -0.25) is 0 Å². The summed E-state index contributed by atoms with van der Waals surface area (Å²) >= 11 is 7.69. The number of hydrogen-bond acceptors (Lipinski definition) is 0. The van der Waals surface area contributed by atoms with Crippen LogP contribution >= 0.6 is 25.8 Å². The van der Waals surface area contributed by atoms with Gasteiger partial charge in [-0.1, -0.05) is 84.5 Å². The summed E-state index contributed by atoms with van der Waals surface area (Å²) < 4.78 is 2.23. The topological polar surface area (TPSA) is 0 Å². The SMILES string of the molecule is CC(C)C1CCC[CH]1[Mg][Br].CCC(C)C1CCC[CH]1[Mg][Br]. The van der Waals surface area contributed by atoms with E-state index in [9.17, 15) is 0 Å². The summed E-state index contributed by atoms with van der Waals surface area (Å²) in [5, 5.41) is 0. The summed E-state index contributed by atoms with van der Waals surface area (Å²) in [5.74, 6) is 4.04. The highest BCUT2D eigenvalue weighted by Crippen LogP contribution is 2.42. The fourth-order valence-corrected chi connectivity index (χ4v) is 12.1. The van der Waals surface area contributed by atoms with Crippen LogP contribution in [-0.2, 0) is 0 Å². The van der Waals surface area contributed by atoms with Crippen LogP contribution in [0.15, 0.2) is 0 Å². The molecule has 5 unspecified atom stereocenters. The van der Waals surface area contributed by atoms with Crippen molar-refractivity contribution in [2.75, 3.05) is 0 Å². The van der Waals surface area contributed by atoms with Gasteiger partial charge in [0, 0.05) is 0 Å². The standard InChI is InChI=1S/C9H17.C8H15.2BrH.2Mg/c1-3-8(2)9-6-4-5-7-9;1-7(2)8-5-3-4-6-8;;;;/h6,8-9H,3-5,7H2,1-2H3;5,7-8H,3-4,6H2,1-2H3;2*1H;;/q;;;;2*+1/p-2. The van der Waals surface area contributed by atoms with Crippen LogP contribution in [0.1, 0.15) is 72.6 Å². The summed E-state index contributed by atoms with van der Waals surface area (Å²) in [6.45, 7) is 9.51. The highest BCUT2D eigenvalue weighted by Gasteiger charge is 2.30. The van der Waals surface area contributed by atoms with E-state index < -0.39 is 0 Å². The van der Waals surface area contributed by atoms with Gasteiger partial charge in [0.25, 0.3) is 0 Å². The molecule has 0 aliphatic heterocycles. The average Bonchev–Trinajstić information content (AvgIpc) is 3.14. The smallest absolute Gasteiger partial charge is 0.306 e. The Morgan fingerprint density at radius 2 is 1.33 bits per heavy atom. The Labute approximate surface area is 164 Å². The molecule has 0 saturated heterocycles. The molecule has 2 aliphatic carbocycles. The molecule has 0 aromatic carbocycles. The van der Waals surface area contributed by atoms with Crippen molar-refractivity contribution in [2.24, 2.45) is 23.7 Å². The van der Waals surface area contributed by atoms with Crippen molar-refractivity contribution in [1.82, 2.24) is 0 Å². The molecule has 4 heteroatoms. The lowest BCUT2D eigenvalue weighted by atomic mass is 9.90. The first kappa shape index (κ1) is 21.5. The quantitative estimate of drug-likeness (QED) is 0.405. The lowest BCUT2D eigenvalue weighted by Gasteiger charge is -2.23. The van der Waals surface area contributed by atoms with Crippen LogP contribution in [0, 0.1) is 23.7 Å². The zero-order valence-corrected chi connectivity index (χ0v) is 20.6. The molecule has 0 aromatic heterocycles. The summed E-state index contributed by atoms with van der Waals surface area (Å²) in [5.41, 5.74) is 0. The van der Waals surface area contributed by atoms with Gasteiger partial charge < -0.3 is 25.8 Å². The third-order valence-corrected chi connectivity index (χ3v) is 13.9. The molecule has 0 nitrogen and oxygen atoms in total. The Hall–Kier alpha value is 2.49.